The van der Waals surface area contributed by atoms with Crippen molar-refractivity contribution < 1.29 is 14.6 Å². The van der Waals surface area contributed by atoms with Gasteiger partial charge in [-0.05, 0) is 99.2 Å². The molecule has 4 aliphatic rings. The number of carbonyl (C=O) groups excluding carboxylic acids is 1. The second-order valence-electron chi connectivity index (χ2n) is 12.8. The van der Waals surface area contributed by atoms with Gasteiger partial charge in [0, 0.05) is 25.4 Å². The van der Waals surface area contributed by atoms with E-state index in [0.717, 1.165) is 50.6 Å². The number of Topliss-reactive ketones (excluding diaryl/α,β-unsaturated/α-hetero) is 1. The summed E-state index contributed by atoms with van der Waals surface area (Å²) in [4.78, 5) is 22.2. The highest BCUT2D eigenvalue weighted by atomic mass is 16.5. The first kappa shape index (κ1) is 23.5. The molecule has 2 heterocycles. The number of ketones is 1. The molecule has 7 heteroatoms. The summed E-state index contributed by atoms with van der Waals surface area (Å²) in [7, 11) is 1.85. The first-order chi connectivity index (χ1) is 16.8. The Labute approximate surface area is 208 Å². The van der Waals surface area contributed by atoms with Crippen LogP contribution in [0.1, 0.15) is 71.6 Å². The van der Waals surface area contributed by atoms with Gasteiger partial charge in [0.1, 0.15) is 5.52 Å². The van der Waals surface area contributed by atoms with Crippen LogP contribution in [-0.2, 0) is 16.1 Å². The summed E-state index contributed by atoms with van der Waals surface area (Å²) >= 11 is 0. The van der Waals surface area contributed by atoms with E-state index in [4.69, 9.17) is 4.74 Å². The molecule has 0 unspecified atom stereocenters. The van der Waals surface area contributed by atoms with E-state index in [1.165, 1.54) is 19.3 Å². The minimum absolute atomic E-state index is 0.0720. The lowest BCUT2D eigenvalue weighted by atomic mass is 9.43. The summed E-state index contributed by atoms with van der Waals surface area (Å²) in [6.07, 6.45) is 14.9. The second kappa shape index (κ2) is 8.34. The number of fused-ring (bicyclic) bond motifs is 6. The number of ether oxygens (including phenoxy) is 1. The number of hydrogen-bond donors (Lipinski definition) is 1. The zero-order chi connectivity index (χ0) is 24.4. The van der Waals surface area contributed by atoms with Crippen LogP contribution in [0.2, 0.25) is 0 Å². The summed E-state index contributed by atoms with van der Waals surface area (Å²) in [6.45, 7) is 5.56. The van der Waals surface area contributed by atoms with Gasteiger partial charge in [-0.3, -0.25) is 9.48 Å². The third-order valence-electron chi connectivity index (χ3n) is 11.0. The third kappa shape index (κ3) is 3.67. The Morgan fingerprint density at radius 2 is 1.91 bits per heavy atom. The number of aromatic nitrogens is 4. The summed E-state index contributed by atoms with van der Waals surface area (Å²) in [6, 6.07) is 0. The van der Waals surface area contributed by atoms with Crippen LogP contribution in [-0.4, -0.2) is 50.0 Å². The molecule has 4 saturated carbocycles. The molecule has 4 fully saturated rings. The van der Waals surface area contributed by atoms with E-state index < -0.39 is 5.60 Å². The molecule has 1 N–H and O–H groups in total. The van der Waals surface area contributed by atoms with Gasteiger partial charge in [0.2, 0.25) is 0 Å². The third-order valence-corrected chi connectivity index (χ3v) is 11.0. The Balaban J connectivity index is 1.23. The largest absolute Gasteiger partial charge is 0.390 e. The van der Waals surface area contributed by atoms with Crippen LogP contribution in [0.3, 0.4) is 0 Å². The van der Waals surface area contributed by atoms with E-state index >= 15 is 0 Å². The minimum Gasteiger partial charge on any atom is -0.390 e. The molecule has 0 aromatic carbocycles. The molecule has 2 aromatic heterocycles. The number of aliphatic hydroxyl groups is 1. The van der Waals surface area contributed by atoms with Crippen molar-refractivity contribution in [2.45, 2.75) is 83.8 Å². The van der Waals surface area contributed by atoms with E-state index in [-0.39, 0.29) is 16.7 Å². The van der Waals surface area contributed by atoms with E-state index in [0.29, 0.717) is 41.6 Å². The van der Waals surface area contributed by atoms with Crippen LogP contribution in [0.4, 0.5) is 0 Å². The fourth-order valence-corrected chi connectivity index (χ4v) is 9.46. The van der Waals surface area contributed by atoms with E-state index in [1.54, 1.807) is 17.1 Å². The first-order valence-electron chi connectivity index (χ1n) is 13.6. The fourth-order valence-electron chi connectivity index (χ4n) is 9.46. The lowest BCUT2D eigenvalue weighted by molar-refractivity contribution is -0.175. The number of nitrogens with zero attached hydrogens (tertiary/aromatic N) is 4. The maximum absolute atomic E-state index is 13.6. The molecule has 35 heavy (non-hydrogen) atoms. The van der Waals surface area contributed by atoms with Gasteiger partial charge in [0.25, 0.3) is 0 Å². The Kier molecular flexibility index (Phi) is 5.61. The molecule has 0 radical (unpaired) electrons. The van der Waals surface area contributed by atoms with Crippen LogP contribution in [0.15, 0.2) is 18.6 Å². The van der Waals surface area contributed by atoms with Gasteiger partial charge in [-0.2, -0.15) is 5.10 Å². The zero-order valence-electron chi connectivity index (χ0n) is 21.4. The fraction of sp³-hybridized carbons (Fsp3) is 0.786. The maximum atomic E-state index is 13.6. The molecule has 0 aliphatic heterocycles. The van der Waals surface area contributed by atoms with Crippen molar-refractivity contribution in [1.82, 2.24) is 19.7 Å². The lowest BCUT2D eigenvalue weighted by Crippen LogP contribution is -2.58. The van der Waals surface area contributed by atoms with Crippen LogP contribution in [0, 0.1) is 40.4 Å². The molecule has 7 nitrogen and oxygen atoms in total. The highest BCUT2D eigenvalue weighted by Gasteiger charge is 2.63. The molecule has 4 aliphatic carbocycles. The smallest absolute Gasteiger partial charge is 0.199 e. The van der Waals surface area contributed by atoms with Crippen LogP contribution in [0.5, 0.6) is 0 Å². The van der Waals surface area contributed by atoms with Gasteiger partial charge in [0.15, 0.2) is 11.4 Å². The van der Waals surface area contributed by atoms with Crippen LogP contribution in [0.25, 0.3) is 11.2 Å². The van der Waals surface area contributed by atoms with Crippen LogP contribution >= 0.6 is 0 Å². The van der Waals surface area contributed by atoms with Crippen molar-refractivity contribution in [3.63, 3.8) is 0 Å². The average molecular weight is 481 g/mol. The van der Waals surface area contributed by atoms with Crippen LogP contribution < -0.4 is 0 Å². The minimum atomic E-state index is -0.537. The Morgan fingerprint density at radius 1 is 1.09 bits per heavy atom. The standard InChI is InChI=1S/C28H40N4O3/c1-26(34)10-11-28(17-35-3)18(14-26)4-5-19-20-6-7-22(27(20,2)9-8-21(19)28)24(33)16-32-15-23-25(31-32)30-13-12-29-23/h12-13,15,18-22,34H,4-11,14,16-17H2,1-3H3/t18-,19+,20+,21+,22-,26-,27+,28-/m1/s1. The number of rotatable bonds is 5. The van der Waals surface area contributed by atoms with Gasteiger partial charge >= 0.3 is 0 Å². The van der Waals surface area contributed by atoms with Gasteiger partial charge < -0.3 is 9.84 Å². The highest BCUT2D eigenvalue weighted by Crippen LogP contribution is 2.68. The lowest BCUT2D eigenvalue weighted by Gasteiger charge is -2.62. The Bertz CT molecular complexity index is 1080. The number of carbonyl (C=O) groups is 1. The van der Waals surface area contributed by atoms with Gasteiger partial charge in [-0.25, -0.2) is 9.97 Å². The van der Waals surface area contributed by atoms with Gasteiger partial charge in [-0.15, -0.1) is 0 Å². The summed E-state index contributed by atoms with van der Waals surface area (Å²) in [5, 5.41) is 15.3. The molecular formula is C28H40N4O3. The topological polar surface area (TPSA) is 90.1 Å². The molecule has 8 atom stereocenters. The normalized spacial score (nSPS) is 42.9. The van der Waals surface area contributed by atoms with E-state index in [9.17, 15) is 9.90 Å². The second-order valence-corrected chi connectivity index (χ2v) is 12.8. The average Bonchev–Trinajstić information content (AvgIpc) is 3.39. The van der Waals surface area contributed by atoms with Crippen molar-refractivity contribution in [3.05, 3.63) is 18.6 Å². The number of hydrogen-bond acceptors (Lipinski definition) is 6. The summed E-state index contributed by atoms with van der Waals surface area (Å²) < 4.78 is 7.63. The Hall–Kier alpha value is -1.86. The van der Waals surface area contributed by atoms with Crippen molar-refractivity contribution >= 4 is 16.9 Å². The van der Waals surface area contributed by atoms with Crippen molar-refractivity contribution in [2.24, 2.45) is 40.4 Å². The molecule has 2 aromatic rings. The summed E-state index contributed by atoms with van der Waals surface area (Å²) in [5.41, 5.74) is 1.07. The monoisotopic (exact) mass is 480 g/mol. The van der Waals surface area contributed by atoms with Crippen molar-refractivity contribution in [3.8, 4) is 0 Å². The molecule has 0 amide bonds. The molecule has 190 valence electrons. The van der Waals surface area contributed by atoms with Gasteiger partial charge in [-0.1, -0.05) is 6.92 Å². The van der Waals surface area contributed by atoms with E-state index in [1.807, 2.05) is 20.2 Å². The van der Waals surface area contributed by atoms with Crippen molar-refractivity contribution in [1.29, 1.82) is 0 Å². The van der Waals surface area contributed by atoms with Crippen molar-refractivity contribution in [2.75, 3.05) is 13.7 Å². The molecule has 6 rings (SSSR count). The Morgan fingerprint density at radius 3 is 2.71 bits per heavy atom. The predicted octanol–water partition coefficient (Wildman–Crippen LogP) is 4.43. The number of methoxy groups -OCH3 is 1. The summed E-state index contributed by atoms with van der Waals surface area (Å²) in [5.74, 6) is 2.89. The predicted molar refractivity (Wildman–Crippen MR) is 132 cm³/mol. The quantitative estimate of drug-likeness (QED) is 0.681. The SMILES string of the molecule is COC[C@]12CC[C@@](C)(O)C[C@H]1CC[C@H]1[C@@H]3CC[C@H](C(=O)Cn4cc5nccnc5n4)[C@@]3(C)CC[C@@H]12. The maximum Gasteiger partial charge on any atom is 0.199 e. The molecular weight excluding hydrogens is 440 g/mol. The van der Waals surface area contributed by atoms with E-state index in [2.05, 4.69) is 22.0 Å². The molecule has 0 spiro atoms. The first-order valence-corrected chi connectivity index (χ1v) is 13.6. The molecule has 0 saturated heterocycles. The highest BCUT2D eigenvalue weighted by molar-refractivity contribution is 5.82. The zero-order valence-corrected chi connectivity index (χ0v) is 21.4. The molecule has 0 bridgehead atoms. The van der Waals surface area contributed by atoms with Gasteiger partial charge in [0.05, 0.1) is 24.9 Å².